The Morgan fingerprint density at radius 1 is 0.964 bits per heavy atom. The zero-order valence-corrected chi connectivity index (χ0v) is 15.3. The highest BCUT2D eigenvalue weighted by molar-refractivity contribution is 5.78. The summed E-state index contributed by atoms with van der Waals surface area (Å²) >= 11 is 0. The average Bonchev–Trinajstić information content (AvgIpc) is 3.12. The molecule has 0 saturated heterocycles. The predicted octanol–water partition coefficient (Wildman–Crippen LogP) is 3.29. The van der Waals surface area contributed by atoms with E-state index < -0.39 is 0 Å². The molecule has 0 fully saturated rings. The zero-order chi connectivity index (χ0) is 19.2. The molecular weight excluding hydrogens is 352 g/mol. The molecule has 4 rings (SSSR count). The third-order valence-corrected chi connectivity index (χ3v) is 4.31. The second-order valence-electron chi connectivity index (χ2n) is 6.25. The number of rotatable bonds is 7. The summed E-state index contributed by atoms with van der Waals surface area (Å²) in [5, 5.41) is 2.89. The van der Waals surface area contributed by atoms with E-state index in [1.807, 2.05) is 77.4 Å². The molecule has 1 N–H and O–H groups in total. The number of carbonyl (C=O) groups is 1. The summed E-state index contributed by atoms with van der Waals surface area (Å²) in [6, 6.07) is 23.1. The Bertz CT molecular complexity index is 1060. The van der Waals surface area contributed by atoms with Crippen molar-refractivity contribution in [2.24, 2.45) is 0 Å². The number of fused-ring (bicyclic) bond motifs is 1. The first kappa shape index (κ1) is 17.7. The summed E-state index contributed by atoms with van der Waals surface area (Å²) < 4.78 is 7.51. The molecule has 0 bridgehead atoms. The van der Waals surface area contributed by atoms with Gasteiger partial charge in [-0.25, -0.2) is 9.97 Å². The van der Waals surface area contributed by atoms with Crippen molar-refractivity contribution in [1.29, 1.82) is 0 Å². The van der Waals surface area contributed by atoms with Crippen LogP contribution in [0.5, 0.6) is 5.75 Å². The minimum atomic E-state index is -0.164. The number of nitrogens with zero attached hydrogens (tertiary/aromatic N) is 3. The number of nitrogens with one attached hydrogen (secondary N) is 1. The van der Waals surface area contributed by atoms with Gasteiger partial charge in [-0.15, -0.1) is 0 Å². The van der Waals surface area contributed by atoms with Crippen LogP contribution in [-0.4, -0.2) is 33.6 Å². The van der Waals surface area contributed by atoms with Crippen LogP contribution in [0.4, 0.5) is 0 Å². The van der Waals surface area contributed by atoms with Crippen molar-refractivity contribution >= 4 is 17.1 Å². The van der Waals surface area contributed by atoms with Crippen LogP contribution in [0.2, 0.25) is 0 Å². The molecule has 2 heterocycles. The van der Waals surface area contributed by atoms with Gasteiger partial charge in [-0.2, -0.15) is 0 Å². The molecule has 0 unspecified atom stereocenters. The SMILES string of the molecule is O=C(COc1ccccc1)NCCn1c(-c2ccccc2)nc2cccnc21. The van der Waals surface area contributed by atoms with E-state index in [2.05, 4.69) is 10.3 Å². The third kappa shape index (κ3) is 4.01. The lowest BCUT2D eigenvalue weighted by molar-refractivity contribution is -0.123. The Morgan fingerprint density at radius 3 is 2.50 bits per heavy atom. The number of ether oxygens (including phenoxy) is 1. The van der Waals surface area contributed by atoms with Crippen LogP contribution in [0.1, 0.15) is 0 Å². The third-order valence-electron chi connectivity index (χ3n) is 4.31. The number of imidazole rings is 1. The summed E-state index contributed by atoms with van der Waals surface area (Å²) in [4.78, 5) is 21.3. The lowest BCUT2D eigenvalue weighted by Gasteiger charge is -2.10. The van der Waals surface area contributed by atoms with Crippen LogP contribution in [0.25, 0.3) is 22.6 Å². The second-order valence-corrected chi connectivity index (χ2v) is 6.25. The zero-order valence-electron chi connectivity index (χ0n) is 15.3. The van der Waals surface area contributed by atoms with Gasteiger partial charge in [0.1, 0.15) is 17.1 Å². The van der Waals surface area contributed by atoms with Crippen LogP contribution in [0.3, 0.4) is 0 Å². The highest BCUT2D eigenvalue weighted by Crippen LogP contribution is 2.23. The molecule has 6 nitrogen and oxygen atoms in total. The van der Waals surface area contributed by atoms with E-state index in [1.54, 1.807) is 6.20 Å². The first-order valence-electron chi connectivity index (χ1n) is 9.12. The van der Waals surface area contributed by atoms with Crippen molar-refractivity contribution in [1.82, 2.24) is 19.9 Å². The van der Waals surface area contributed by atoms with E-state index >= 15 is 0 Å². The molecule has 2 aromatic carbocycles. The van der Waals surface area contributed by atoms with E-state index in [9.17, 15) is 4.79 Å². The molecule has 28 heavy (non-hydrogen) atoms. The molecule has 0 aliphatic rings. The van der Waals surface area contributed by atoms with Crippen molar-refractivity contribution < 1.29 is 9.53 Å². The topological polar surface area (TPSA) is 69.0 Å². The first-order chi connectivity index (χ1) is 13.8. The molecule has 0 atom stereocenters. The van der Waals surface area contributed by atoms with Crippen LogP contribution in [0, 0.1) is 0 Å². The first-order valence-corrected chi connectivity index (χ1v) is 9.12. The Balaban J connectivity index is 1.43. The Morgan fingerprint density at radius 2 is 1.71 bits per heavy atom. The van der Waals surface area contributed by atoms with Gasteiger partial charge in [0.25, 0.3) is 5.91 Å². The number of aromatic nitrogens is 3. The number of benzene rings is 2. The van der Waals surface area contributed by atoms with Gasteiger partial charge in [0, 0.05) is 24.8 Å². The van der Waals surface area contributed by atoms with Crippen molar-refractivity contribution in [3.05, 3.63) is 79.0 Å². The normalized spacial score (nSPS) is 10.7. The molecule has 0 aliphatic carbocycles. The average molecular weight is 372 g/mol. The lowest BCUT2D eigenvalue weighted by Crippen LogP contribution is -2.31. The molecule has 2 aromatic heterocycles. The predicted molar refractivity (Wildman–Crippen MR) is 108 cm³/mol. The number of hydrogen-bond donors (Lipinski definition) is 1. The number of carbonyl (C=O) groups excluding carboxylic acids is 1. The number of amides is 1. The molecule has 140 valence electrons. The number of pyridine rings is 1. The Kier molecular flexibility index (Phi) is 5.29. The summed E-state index contributed by atoms with van der Waals surface area (Å²) in [7, 11) is 0. The molecule has 0 spiro atoms. The maximum absolute atomic E-state index is 12.1. The molecular formula is C22H20N4O2. The number of para-hydroxylation sites is 1. The molecule has 0 aliphatic heterocycles. The van der Waals surface area contributed by atoms with Gasteiger partial charge in [-0.1, -0.05) is 48.5 Å². The minimum Gasteiger partial charge on any atom is -0.484 e. The molecule has 0 saturated carbocycles. The quantitative estimate of drug-likeness (QED) is 0.540. The standard InChI is InChI=1S/C22H20N4O2/c27-20(16-28-18-10-5-2-6-11-18)23-14-15-26-21(17-8-3-1-4-9-17)25-19-12-7-13-24-22(19)26/h1-13H,14-16H2,(H,23,27). The summed E-state index contributed by atoms with van der Waals surface area (Å²) in [5.74, 6) is 1.35. The van der Waals surface area contributed by atoms with Crippen molar-refractivity contribution in [2.75, 3.05) is 13.2 Å². The molecule has 1 amide bonds. The van der Waals surface area contributed by atoms with Gasteiger partial charge >= 0.3 is 0 Å². The van der Waals surface area contributed by atoms with Crippen LogP contribution < -0.4 is 10.1 Å². The maximum Gasteiger partial charge on any atom is 0.258 e. The highest BCUT2D eigenvalue weighted by Gasteiger charge is 2.13. The molecule has 6 heteroatoms. The van der Waals surface area contributed by atoms with Gasteiger partial charge in [0.2, 0.25) is 0 Å². The summed E-state index contributed by atoms with van der Waals surface area (Å²) in [5.41, 5.74) is 2.65. The maximum atomic E-state index is 12.1. The van der Waals surface area contributed by atoms with Gasteiger partial charge in [0.05, 0.1) is 0 Å². The van der Waals surface area contributed by atoms with Crippen molar-refractivity contribution in [3.8, 4) is 17.1 Å². The smallest absolute Gasteiger partial charge is 0.258 e. The fourth-order valence-electron chi connectivity index (χ4n) is 3.00. The Labute approximate surface area is 162 Å². The van der Waals surface area contributed by atoms with Gasteiger partial charge in [-0.05, 0) is 24.3 Å². The fourth-order valence-corrected chi connectivity index (χ4v) is 3.00. The van der Waals surface area contributed by atoms with Gasteiger partial charge in [-0.3, -0.25) is 4.79 Å². The van der Waals surface area contributed by atoms with E-state index in [0.29, 0.717) is 18.8 Å². The van der Waals surface area contributed by atoms with Crippen LogP contribution >= 0.6 is 0 Å². The summed E-state index contributed by atoms with van der Waals surface area (Å²) in [6.07, 6.45) is 1.75. The molecule has 0 radical (unpaired) electrons. The minimum absolute atomic E-state index is 0.0154. The van der Waals surface area contributed by atoms with E-state index in [0.717, 1.165) is 22.6 Å². The van der Waals surface area contributed by atoms with Crippen molar-refractivity contribution in [2.45, 2.75) is 6.54 Å². The van der Waals surface area contributed by atoms with Crippen molar-refractivity contribution in [3.63, 3.8) is 0 Å². The van der Waals surface area contributed by atoms with Gasteiger partial charge < -0.3 is 14.6 Å². The largest absolute Gasteiger partial charge is 0.484 e. The monoisotopic (exact) mass is 372 g/mol. The van der Waals surface area contributed by atoms with Crippen LogP contribution in [0.15, 0.2) is 79.0 Å². The number of hydrogen-bond acceptors (Lipinski definition) is 4. The Hall–Kier alpha value is -3.67. The second kappa shape index (κ2) is 8.35. The molecule has 4 aromatic rings. The van der Waals surface area contributed by atoms with E-state index in [1.165, 1.54) is 0 Å². The van der Waals surface area contributed by atoms with Gasteiger partial charge in [0.15, 0.2) is 12.3 Å². The summed E-state index contributed by atoms with van der Waals surface area (Å²) in [6.45, 7) is 1.01. The highest BCUT2D eigenvalue weighted by atomic mass is 16.5. The van der Waals surface area contributed by atoms with E-state index in [4.69, 9.17) is 9.72 Å². The van der Waals surface area contributed by atoms with Crippen LogP contribution in [-0.2, 0) is 11.3 Å². The lowest BCUT2D eigenvalue weighted by atomic mass is 10.2. The fraction of sp³-hybridized carbons (Fsp3) is 0.136. The van der Waals surface area contributed by atoms with E-state index in [-0.39, 0.29) is 12.5 Å².